The second-order valence-corrected chi connectivity index (χ2v) is 16.4. The summed E-state index contributed by atoms with van der Waals surface area (Å²) in [5, 5.41) is 0. The van der Waals surface area contributed by atoms with Crippen molar-refractivity contribution in [2.75, 3.05) is 13.2 Å². The molecular formula is C48H92O6. The molecule has 0 bridgehead atoms. The molecule has 1 unspecified atom stereocenters. The normalized spacial score (nSPS) is 11.8. The molecule has 0 radical (unpaired) electrons. The Bertz CT molecular complexity index is 798. The number of carbonyl (C=O) groups is 3. The number of hydrogen-bond acceptors (Lipinski definition) is 6. The van der Waals surface area contributed by atoms with E-state index in [4.69, 9.17) is 14.2 Å². The number of unbranched alkanes of at least 4 members (excludes halogenated alkanes) is 33. The van der Waals surface area contributed by atoms with Gasteiger partial charge in [-0.1, -0.05) is 233 Å². The Morgan fingerprint density at radius 1 is 0.296 bits per heavy atom. The molecule has 1 atom stereocenters. The van der Waals surface area contributed by atoms with Crippen molar-refractivity contribution in [1.29, 1.82) is 0 Å². The van der Waals surface area contributed by atoms with Gasteiger partial charge >= 0.3 is 17.9 Å². The van der Waals surface area contributed by atoms with E-state index in [-0.39, 0.29) is 31.1 Å². The second kappa shape index (κ2) is 44.1. The Morgan fingerprint density at radius 2 is 0.500 bits per heavy atom. The standard InChI is InChI=1S/C48H92O6/c1-4-7-10-13-16-18-20-21-22-23-24-25-26-27-28-29-31-32-35-38-41-47(50)53-44-45(43-52-46(49)40-37-34-15-12-9-6-3)54-48(51)42-39-36-33-30-19-17-14-11-8-5-2/h45H,4-44H2,1-3H3. The van der Waals surface area contributed by atoms with Crippen LogP contribution in [0.2, 0.25) is 0 Å². The SMILES string of the molecule is CCCCCCCCCCCCCCCCCCCCCCC(=O)OCC(COC(=O)CCCCCCCC)OC(=O)CCCCCCCCCCCC. The Kier molecular flexibility index (Phi) is 42.8. The summed E-state index contributed by atoms with van der Waals surface area (Å²) in [5.41, 5.74) is 0. The van der Waals surface area contributed by atoms with Crippen molar-refractivity contribution in [3.8, 4) is 0 Å². The highest BCUT2D eigenvalue weighted by molar-refractivity contribution is 5.71. The Morgan fingerprint density at radius 3 is 0.741 bits per heavy atom. The van der Waals surface area contributed by atoms with Crippen molar-refractivity contribution in [3.05, 3.63) is 0 Å². The second-order valence-electron chi connectivity index (χ2n) is 16.4. The minimum atomic E-state index is -0.757. The molecule has 6 nitrogen and oxygen atoms in total. The fourth-order valence-electron chi connectivity index (χ4n) is 7.21. The molecule has 0 heterocycles. The molecule has 320 valence electrons. The zero-order valence-corrected chi connectivity index (χ0v) is 36.5. The third-order valence-corrected chi connectivity index (χ3v) is 10.9. The van der Waals surface area contributed by atoms with Crippen molar-refractivity contribution in [2.45, 2.75) is 277 Å². The van der Waals surface area contributed by atoms with Crippen molar-refractivity contribution >= 4 is 17.9 Å². The minimum Gasteiger partial charge on any atom is -0.462 e. The average Bonchev–Trinajstić information content (AvgIpc) is 3.17. The van der Waals surface area contributed by atoms with Gasteiger partial charge in [0.25, 0.3) is 0 Å². The van der Waals surface area contributed by atoms with E-state index in [1.54, 1.807) is 0 Å². The van der Waals surface area contributed by atoms with Crippen LogP contribution < -0.4 is 0 Å². The fraction of sp³-hybridized carbons (Fsp3) is 0.938. The molecule has 0 aromatic heterocycles. The summed E-state index contributed by atoms with van der Waals surface area (Å²) in [6.07, 6.45) is 45.4. The molecule has 0 aliphatic heterocycles. The van der Waals surface area contributed by atoms with E-state index < -0.39 is 6.10 Å². The summed E-state index contributed by atoms with van der Waals surface area (Å²) in [4.78, 5) is 37.5. The van der Waals surface area contributed by atoms with Crippen LogP contribution in [0.15, 0.2) is 0 Å². The molecule has 6 heteroatoms. The number of hydrogen-bond donors (Lipinski definition) is 0. The topological polar surface area (TPSA) is 78.9 Å². The first-order valence-electron chi connectivity index (χ1n) is 24.0. The zero-order valence-electron chi connectivity index (χ0n) is 36.5. The van der Waals surface area contributed by atoms with Crippen LogP contribution >= 0.6 is 0 Å². The molecule has 0 fully saturated rings. The summed E-state index contributed by atoms with van der Waals surface area (Å²) >= 11 is 0. The van der Waals surface area contributed by atoms with Gasteiger partial charge in [0.1, 0.15) is 13.2 Å². The third-order valence-electron chi connectivity index (χ3n) is 10.9. The summed E-state index contributed by atoms with van der Waals surface area (Å²) in [6.45, 7) is 6.59. The number of ether oxygens (including phenoxy) is 3. The molecule has 0 aliphatic carbocycles. The third kappa shape index (κ3) is 41.6. The number of carbonyl (C=O) groups excluding carboxylic acids is 3. The van der Waals surface area contributed by atoms with E-state index in [2.05, 4.69) is 20.8 Å². The molecule has 0 saturated carbocycles. The van der Waals surface area contributed by atoms with Gasteiger partial charge in [0.2, 0.25) is 0 Å². The van der Waals surface area contributed by atoms with Crippen LogP contribution in [-0.4, -0.2) is 37.2 Å². The van der Waals surface area contributed by atoms with E-state index in [1.807, 2.05) is 0 Å². The lowest BCUT2D eigenvalue weighted by atomic mass is 10.0. The maximum Gasteiger partial charge on any atom is 0.306 e. The van der Waals surface area contributed by atoms with Gasteiger partial charge in [0.05, 0.1) is 0 Å². The molecule has 0 rings (SSSR count). The van der Waals surface area contributed by atoms with Gasteiger partial charge in [-0.2, -0.15) is 0 Å². The molecule has 0 aliphatic rings. The van der Waals surface area contributed by atoms with Gasteiger partial charge in [-0.15, -0.1) is 0 Å². The molecular weight excluding hydrogens is 673 g/mol. The van der Waals surface area contributed by atoms with Gasteiger partial charge in [-0.05, 0) is 19.3 Å². The highest BCUT2D eigenvalue weighted by Gasteiger charge is 2.19. The summed E-state index contributed by atoms with van der Waals surface area (Å²) in [7, 11) is 0. The first-order valence-corrected chi connectivity index (χ1v) is 24.0. The molecule has 0 spiro atoms. The predicted molar refractivity (Wildman–Crippen MR) is 229 cm³/mol. The summed E-state index contributed by atoms with van der Waals surface area (Å²) < 4.78 is 16.6. The Labute approximate surface area is 336 Å². The molecule has 0 aromatic carbocycles. The summed E-state index contributed by atoms with van der Waals surface area (Å²) in [5.74, 6) is -0.861. The maximum absolute atomic E-state index is 12.6. The Balaban J connectivity index is 4.08. The Hall–Kier alpha value is -1.59. The monoisotopic (exact) mass is 765 g/mol. The van der Waals surface area contributed by atoms with Crippen LogP contribution in [0.5, 0.6) is 0 Å². The molecule has 0 N–H and O–H groups in total. The lowest BCUT2D eigenvalue weighted by Crippen LogP contribution is -2.30. The van der Waals surface area contributed by atoms with Crippen LogP contribution in [0.3, 0.4) is 0 Å². The van der Waals surface area contributed by atoms with E-state index in [0.717, 1.165) is 57.8 Å². The average molecular weight is 765 g/mol. The lowest BCUT2D eigenvalue weighted by molar-refractivity contribution is -0.167. The van der Waals surface area contributed by atoms with Gasteiger partial charge in [0, 0.05) is 19.3 Å². The zero-order chi connectivity index (χ0) is 39.4. The number of rotatable bonds is 44. The molecule has 54 heavy (non-hydrogen) atoms. The van der Waals surface area contributed by atoms with Crippen LogP contribution in [0.25, 0.3) is 0 Å². The van der Waals surface area contributed by atoms with Gasteiger partial charge < -0.3 is 14.2 Å². The van der Waals surface area contributed by atoms with Crippen LogP contribution in [0.4, 0.5) is 0 Å². The highest BCUT2D eigenvalue weighted by Crippen LogP contribution is 2.16. The first-order chi connectivity index (χ1) is 26.5. The number of esters is 3. The van der Waals surface area contributed by atoms with Gasteiger partial charge in [0.15, 0.2) is 6.10 Å². The van der Waals surface area contributed by atoms with Crippen LogP contribution in [0, 0.1) is 0 Å². The van der Waals surface area contributed by atoms with Crippen molar-refractivity contribution in [1.82, 2.24) is 0 Å². The quantitative estimate of drug-likeness (QED) is 0.0349. The van der Waals surface area contributed by atoms with Crippen LogP contribution in [0.1, 0.15) is 271 Å². The van der Waals surface area contributed by atoms with Crippen molar-refractivity contribution in [2.24, 2.45) is 0 Å². The van der Waals surface area contributed by atoms with E-state index in [0.29, 0.717) is 19.3 Å². The molecule has 0 amide bonds. The smallest absolute Gasteiger partial charge is 0.306 e. The van der Waals surface area contributed by atoms with Gasteiger partial charge in [-0.3, -0.25) is 14.4 Å². The highest BCUT2D eigenvalue weighted by atomic mass is 16.6. The minimum absolute atomic E-state index is 0.0634. The van der Waals surface area contributed by atoms with Crippen LogP contribution in [-0.2, 0) is 28.6 Å². The lowest BCUT2D eigenvalue weighted by Gasteiger charge is -2.18. The van der Waals surface area contributed by atoms with Gasteiger partial charge in [-0.25, -0.2) is 0 Å². The maximum atomic E-state index is 12.6. The first kappa shape index (κ1) is 52.4. The molecule has 0 aromatic rings. The van der Waals surface area contributed by atoms with E-state index in [1.165, 1.54) is 173 Å². The van der Waals surface area contributed by atoms with E-state index >= 15 is 0 Å². The summed E-state index contributed by atoms with van der Waals surface area (Å²) in [6, 6.07) is 0. The van der Waals surface area contributed by atoms with Crippen molar-refractivity contribution in [3.63, 3.8) is 0 Å². The van der Waals surface area contributed by atoms with E-state index in [9.17, 15) is 14.4 Å². The fourth-order valence-corrected chi connectivity index (χ4v) is 7.21. The van der Waals surface area contributed by atoms with Crippen molar-refractivity contribution < 1.29 is 28.6 Å². The predicted octanol–water partition coefficient (Wildman–Crippen LogP) is 15.3. The largest absolute Gasteiger partial charge is 0.462 e. The molecule has 0 saturated heterocycles.